The van der Waals surface area contributed by atoms with E-state index in [0.29, 0.717) is 5.54 Å². The van der Waals surface area contributed by atoms with Crippen molar-refractivity contribution in [3.8, 4) is 0 Å². The fraction of sp³-hybridized carbons (Fsp3) is 0.929. The molecule has 1 heterocycles. The second-order valence-electron chi connectivity index (χ2n) is 6.21. The molecule has 2 fully saturated rings. The smallest absolute Gasteiger partial charge is 0.308 e. The van der Waals surface area contributed by atoms with Crippen LogP contribution >= 0.6 is 0 Å². The summed E-state index contributed by atoms with van der Waals surface area (Å²) in [4.78, 5) is 12.7. The Balaban J connectivity index is 0.000000185. The normalized spacial score (nSPS) is 34.6. The monoisotopic (exact) mass is 241 g/mol. The molecular formula is C14H27NO2. The summed E-state index contributed by atoms with van der Waals surface area (Å²) >= 11 is 0. The number of likely N-dealkylation sites (N-methyl/N-ethyl adjacent to an activating group) is 1. The van der Waals surface area contributed by atoms with Crippen LogP contribution in [0.4, 0.5) is 0 Å². The van der Waals surface area contributed by atoms with Crippen LogP contribution in [-0.4, -0.2) is 34.1 Å². The Bertz CT molecular complexity index is 276. The predicted molar refractivity (Wildman–Crippen MR) is 70.1 cm³/mol. The first-order chi connectivity index (χ1) is 7.79. The van der Waals surface area contributed by atoms with Crippen molar-refractivity contribution < 1.29 is 9.90 Å². The SMILES string of the molecule is CC(C)(C)C(=O)O.CCN1C2CCCC21CC. The standard InChI is InChI=1S/C9H17N.C5H10O2/c1-3-9-7-5-6-8(9)10(9)4-2;1-5(2,3)4(6)7/h8H,3-7H2,1-2H3;1-3H3,(H,6,7). The summed E-state index contributed by atoms with van der Waals surface area (Å²) in [6.07, 6.45) is 5.81. The number of piperidine rings is 1. The van der Waals surface area contributed by atoms with E-state index in [1.165, 1.54) is 32.2 Å². The van der Waals surface area contributed by atoms with Crippen LogP contribution in [0.25, 0.3) is 0 Å². The molecule has 0 amide bonds. The highest BCUT2D eigenvalue weighted by molar-refractivity contribution is 5.72. The number of likely N-dealkylation sites (tertiary alicyclic amines) is 1. The van der Waals surface area contributed by atoms with Crippen molar-refractivity contribution in [1.82, 2.24) is 4.90 Å². The lowest BCUT2D eigenvalue weighted by Crippen LogP contribution is -2.18. The van der Waals surface area contributed by atoms with Crippen molar-refractivity contribution in [3.05, 3.63) is 0 Å². The molecule has 1 aliphatic heterocycles. The molecule has 3 heteroatoms. The Hall–Kier alpha value is -0.570. The van der Waals surface area contributed by atoms with Gasteiger partial charge in [-0.1, -0.05) is 13.8 Å². The van der Waals surface area contributed by atoms with Gasteiger partial charge in [-0.15, -0.1) is 0 Å². The summed E-state index contributed by atoms with van der Waals surface area (Å²) in [6.45, 7) is 10.9. The Kier molecular flexibility index (Phi) is 4.23. The maximum atomic E-state index is 10.0. The fourth-order valence-corrected chi connectivity index (χ4v) is 2.99. The molecule has 100 valence electrons. The zero-order valence-electron chi connectivity index (χ0n) is 11.9. The zero-order chi connectivity index (χ0) is 13.3. The Morgan fingerprint density at radius 2 is 1.94 bits per heavy atom. The van der Waals surface area contributed by atoms with E-state index >= 15 is 0 Å². The van der Waals surface area contributed by atoms with E-state index in [0.717, 1.165) is 6.04 Å². The third-order valence-electron chi connectivity index (χ3n) is 4.18. The number of hydrogen-bond donors (Lipinski definition) is 1. The Morgan fingerprint density at radius 1 is 1.41 bits per heavy atom. The van der Waals surface area contributed by atoms with Crippen LogP contribution in [0.15, 0.2) is 0 Å². The van der Waals surface area contributed by atoms with E-state index in [4.69, 9.17) is 5.11 Å². The first-order valence-electron chi connectivity index (χ1n) is 6.79. The summed E-state index contributed by atoms with van der Waals surface area (Å²) in [5.74, 6) is -0.757. The number of rotatable bonds is 2. The molecule has 0 radical (unpaired) electrons. The van der Waals surface area contributed by atoms with E-state index in [2.05, 4.69) is 18.7 Å². The molecule has 1 N–H and O–H groups in total. The van der Waals surface area contributed by atoms with Crippen molar-refractivity contribution in [2.24, 2.45) is 5.41 Å². The van der Waals surface area contributed by atoms with Gasteiger partial charge in [0.1, 0.15) is 0 Å². The lowest BCUT2D eigenvalue weighted by molar-refractivity contribution is -0.145. The molecule has 0 aromatic carbocycles. The summed E-state index contributed by atoms with van der Waals surface area (Å²) < 4.78 is 0. The van der Waals surface area contributed by atoms with Crippen molar-refractivity contribution in [3.63, 3.8) is 0 Å². The number of carbonyl (C=O) groups is 1. The molecule has 1 saturated heterocycles. The van der Waals surface area contributed by atoms with Gasteiger partial charge in [-0.25, -0.2) is 0 Å². The van der Waals surface area contributed by atoms with Gasteiger partial charge < -0.3 is 5.11 Å². The second kappa shape index (κ2) is 4.97. The quantitative estimate of drug-likeness (QED) is 0.755. The predicted octanol–water partition coefficient (Wildman–Crippen LogP) is 3.14. The molecule has 0 bridgehead atoms. The first kappa shape index (κ1) is 14.5. The molecule has 3 nitrogen and oxygen atoms in total. The minimum Gasteiger partial charge on any atom is -0.481 e. The highest BCUT2D eigenvalue weighted by Crippen LogP contribution is 2.54. The largest absolute Gasteiger partial charge is 0.481 e. The summed E-state index contributed by atoms with van der Waals surface area (Å²) in [7, 11) is 0. The number of fused-ring (bicyclic) bond motifs is 1. The lowest BCUT2D eigenvalue weighted by atomic mass is 9.98. The summed E-state index contributed by atoms with van der Waals surface area (Å²) in [5, 5.41) is 8.25. The second-order valence-corrected chi connectivity index (χ2v) is 6.21. The van der Waals surface area contributed by atoms with Crippen LogP contribution in [0.2, 0.25) is 0 Å². The highest BCUT2D eigenvalue weighted by atomic mass is 16.4. The molecule has 2 rings (SSSR count). The van der Waals surface area contributed by atoms with E-state index in [1.54, 1.807) is 20.8 Å². The first-order valence-corrected chi connectivity index (χ1v) is 6.79. The van der Waals surface area contributed by atoms with E-state index < -0.39 is 11.4 Å². The van der Waals surface area contributed by atoms with Crippen LogP contribution in [0.1, 0.15) is 60.3 Å². The van der Waals surface area contributed by atoms with Gasteiger partial charge in [0.25, 0.3) is 0 Å². The van der Waals surface area contributed by atoms with E-state index in [9.17, 15) is 4.79 Å². The fourth-order valence-electron chi connectivity index (χ4n) is 2.99. The minimum atomic E-state index is -0.757. The number of nitrogens with zero attached hydrogens (tertiary/aromatic N) is 1. The number of carboxylic acids is 1. The maximum absolute atomic E-state index is 10.0. The van der Waals surface area contributed by atoms with Gasteiger partial charge in [0, 0.05) is 11.6 Å². The van der Waals surface area contributed by atoms with Crippen molar-refractivity contribution in [1.29, 1.82) is 0 Å². The summed E-state index contributed by atoms with van der Waals surface area (Å²) in [6, 6.07) is 0.988. The van der Waals surface area contributed by atoms with Crippen molar-refractivity contribution in [2.45, 2.75) is 71.9 Å². The van der Waals surface area contributed by atoms with E-state index in [-0.39, 0.29) is 0 Å². The van der Waals surface area contributed by atoms with Crippen LogP contribution in [0, 0.1) is 5.41 Å². The van der Waals surface area contributed by atoms with Crippen molar-refractivity contribution >= 4 is 5.97 Å². The maximum Gasteiger partial charge on any atom is 0.308 e. The number of aliphatic carboxylic acids is 1. The number of hydrogen-bond acceptors (Lipinski definition) is 2. The average Bonchev–Trinajstić information content (AvgIpc) is 2.64. The van der Waals surface area contributed by atoms with Crippen molar-refractivity contribution in [2.75, 3.05) is 6.54 Å². The minimum absolute atomic E-state index is 0.583. The zero-order valence-corrected chi connectivity index (χ0v) is 11.9. The molecule has 0 spiro atoms. The molecule has 17 heavy (non-hydrogen) atoms. The van der Waals surface area contributed by atoms with Gasteiger partial charge in [-0.2, -0.15) is 0 Å². The van der Waals surface area contributed by atoms with Crippen LogP contribution in [0.3, 0.4) is 0 Å². The van der Waals surface area contributed by atoms with Gasteiger partial charge in [0.15, 0.2) is 0 Å². The number of carboxylic acid groups (broad SMARTS) is 1. The molecule has 0 aromatic rings. The van der Waals surface area contributed by atoms with Crippen LogP contribution in [-0.2, 0) is 4.79 Å². The van der Waals surface area contributed by atoms with Gasteiger partial charge in [-0.05, 0) is 53.0 Å². The van der Waals surface area contributed by atoms with Gasteiger partial charge in [0.2, 0.25) is 0 Å². The Labute approximate surface area is 105 Å². The highest BCUT2D eigenvalue weighted by Gasteiger charge is 2.62. The topological polar surface area (TPSA) is 40.3 Å². The molecule has 0 aromatic heterocycles. The van der Waals surface area contributed by atoms with Crippen LogP contribution in [0.5, 0.6) is 0 Å². The summed E-state index contributed by atoms with van der Waals surface area (Å²) in [5.41, 5.74) is 0.120. The molecule has 3 unspecified atom stereocenters. The third kappa shape index (κ3) is 2.82. The van der Waals surface area contributed by atoms with Gasteiger partial charge in [-0.3, -0.25) is 9.69 Å². The average molecular weight is 241 g/mol. The van der Waals surface area contributed by atoms with Gasteiger partial charge >= 0.3 is 5.97 Å². The van der Waals surface area contributed by atoms with Crippen LogP contribution < -0.4 is 0 Å². The molecular weight excluding hydrogens is 214 g/mol. The molecule has 1 saturated carbocycles. The lowest BCUT2D eigenvalue weighted by Gasteiger charge is -2.11. The molecule has 1 aliphatic carbocycles. The van der Waals surface area contributed by atoms with Gasteiger partial charge in [0.05, 0.1) is 5.41 Å². The molecule has 3 atom stereocenters. The Morgan fingerprint density at radius 3 is 2.18 bits per heavy atom. The van der Waals surface area contributed by atoms with E-state index in [1.807, 2.05) is 0 Å². The third-order valence-corrected chi connectivity index (χ3v) is 4.18. The molecule has 2 aliphatic rings.